The Morgan fingerprint density at radius 2 is 1.85 bits per heavy atom. The molecule has 4 heteroatoms. The number of carboxylic acids is 1. The average Bonchev–Trinajstić information content (AvgIpc) is 2.44. The largest absolute Gasteiger partial charge is 0.478 e. The molecule has 0 saturated heterocycles. The van der Waals surface area contributed by atoms with Crippen molar-refractivity contribution in [2.75, 3.05) is 4.90 Å². The molecular weight excluding hydrogens is 254 g/mol. The van der Waals surface area contributed by atoms with Crippen molar-refractivity contribution in [2.24, 2.45) is 0 Å². The second-order valence-electron chi connectivity index (χ2n) is 5.25. The minimum atomic E-state index is -1.05. The van der Waals surface area contributed by atoms with Gasteiger partial charge in [0.1, 0.15) is 0 Å². The molecule has 1 unspecified atom stereocenters. The summed E-state index contributed by atoms with van der Waals surface area (Å²) in [5, 5.41) is 9.03. The van der Waals surface area contributed by atoms with Crippen molar-refractivity contribution in [1.29, 1.82) is 0 Å². The van der Waals surface area contributed by atoms with E-state index in [9.17, 15) is 9.59 Å². The van der Waals surface area contributed by atoms with Crippen molar-refractivity contribution in [3.63, 3.8) is 0 Å². The molecule has 106 valence electrons. The number of carboxylic acid groups (broad SMARTS) is 1. The maximum Gasteiger partial charge on any atom is 0.331 e. The summed E-state index contributed by atoms with van der Waals surface area (Å²) in [6, 6.07) is 7.88. The molecule has 1 aromatic rings. The number of fused-ring (bicyclic) bond motifs is 1. The van der Waals surface area contributed by atoms with Crippen LogP contribution in [0.15, 0.2) is 35.4 Å². The average molecular weight is 273 g/mol. The van der Waals surface area contributed by atoms with Crippen LogP contribution in [0.2, 0.25) is 0 Å². The second kappa shape index (κ2) is 5.49. The van der Waals surface area contributed by atoms with Gasteiger partial charge in [-0.3, -0.25) is 4.79 Å². The molecule has 1 heterocycles. The number of nitrogens with zero attached hydrogens (tertiary/aromatic N) is 1. The van der Waals surface area contributed by atoms with Crippen LogP contribution >= 0.6 is 0 Å². The number of aliphatic carboxylic acids is 1. The van der Waals surface area contributed by atoms with Gasteiger partial charge in [0.2, 0.25) is 0 Å². The summed E-state index contributed by atoms with van der Waals surface area (Å²) in [5.41, 5.74) is 2.43. The van der Waals surface area contributed by atoms with Crippen LogP contribution in [0.5, 0.6) is 0 Å². The van der Waals surface area contributed by atoms with Gasteiger partial charge in [-0.1, -0.05) is 18.2 Å². The van der Waals surface area contributed by atoms with Crippen molar-refractivity contribution in [2.45, 2.75) is 39.7 Å². The Labute approximate surface area is 118 Å². The highest BCUT2D eigenvalue weighted by molar-refractivity contribution is 6.10. The summed E-state index contributed by atoms with van der Waals surface area (Å²) in [5.74, 6) is -1.27. The number of hydrogen-bond acceptors (Lipinski definition) is 2. The SMILES string of the molecule is CC(C(=O)O)=C(C)C(=O)N1c2ccccc2CCC1C. The lowest BCUT2D eigenvalue weighted by Gasteiger charge is -2.35. The third-order valence-corrected chi connectivity index (χ3v) is 3.95. The molecule has 1 aromatic carbocycles. The van der Waals surface area contributed by atoms with E-state index in [1.54, 1.807) is 11.8 Å². The van der Waals surface area contributed by atoms with Crippen LogP contribution in [0.4, 0.5) is 5.69 Å². The predicted molar refractivity (Wildman–Crippen MR) is 77.7 cm³/mol. The summed E-state index contributed by atoms with van der Waals surface area (Å²) < 4.78 is 0. The maximum absolute atomic E-state index is 12.6. The van der Waals surface area contributed by atoms with E-state index >= 15 is 0 Å². The number of carbonyl (C=O) groups excluding carboxylic acids is 1. The van der Waals surface area contributed by atoms with E-state index in [-0.39, 0.29) is 17.5 Å². The summed E-state index contributed by atoms with van der Waals surface area (Å²) in [6.07, 6.45) is 1.84. The fourth-order valence-electron chi connectivity index (χ4n) is 2.50. The maximum atomic E-state index is 12.6. The molecule has 1 aliphatic heterocycles. The fraction of sp³-hybridized carbons (Fsp3) is 0.375. The zero-order valence-electron chi connectivity index (χ0n) is 12.0. The van der Waals surface area contributed by atoms with E-state index in [1.807, 2.05) is 31.2 Å². The Morgan fingerprint density at radius 3 is 2.50 bits per heavy atom. The number of aryl methyl sites for hydroxylation is 1. The Morgan fingerprint density at radius 1 is 1.20 bits per heavy atom. The van der Waals surface area contributed by atoms with Crippen molar-refractivity contribution in [1.82, 2.24) is 0 Å². The molecule has 0 spiro atoms. The number of anilines is 1. The van der Waals surface area contributed by atoms with Gasteiger partial charge in [-0.05, 0) is 45.2 Å². The summed E-state index contributed by atoms with van der Waals surface area (Å²) in [7, 11) is 0. The van der Waals surface area contributed by atoms with Gasteiger partial charge < -0.3 is 10.0 Å². The van der Waals surface area contributed by atoms with Gasteiger partial charge >= 0.3 is 5.97 Å². The first-order chi connectivity index (χ1) is 9.43. The quantitative estimate of drug-likeness (QED) is 0.843. The van der Waals surface area contributed by atoms with Crippen LogP contribution in [0.1, 0.15) is 32.8 Å². The lowest BCUT2D eigenvalue weighted by atomic mass is 9.95. The zero-order chi connectivity index (χ0) is 14.9. The standard InChI is InChI=1S/C16H19NO3/c1-10-8-9-13-6-4-5-7-14(13)17(10)15(18)11(2)12(3)16(19)20/h4-7,10H,8-9H2,1-3H3,(H,19,20). The molecular formula is C16H19NO3. The first kappa shape index (κ1) is 14.3. The van der Waals surface area contributed by atoms with Crippen molar-refractivity contribution < 1.29 is 14.7 Å². The van der Waals surface area contributed by atoms with Crippen LogP contribution in [0.3, 0.4) is 0 Å². The first-order valence-corrected chi connectivity index (χ1v) is 6.75. The molecule has 0 bridgehead atoms. The molecule has 1 N–H and O–H groups in total. The first-order valence-electron chi connectivity index (χ1n) is 6.75. The smallest absolute Gasteiger partial charge is 0.331 e. The van der Waals surface area contributed by atoms with Crippen molar-refractivity contribution in [3.05, 3.63) is 41.0 Å². The van der Waals surface area contributed by atoms with Crippen molar-refractivity contribution in [3.8, 4) is 0 Å². The molecule has 1 atom stereocenters. The Hall–Kier alpha value is -2.10. The molecule has 0 saturated carbocycles. The molecule has 0 aromatic heterocycles. The van der Waals surface area contributed by atoms with E-state index in [2.05, 4.69) is 0 Å². The number of rotatable bonds is 2. The normalized spacial score (nSPS) is 19.1. The summed E-state index contributed by atoms with van der Waals surface area (Å²) in [4.78, 5) is 25.4. The summed E-state index contributed by atoms with van der Waals surface area (Å²) >= 11 is 0. The molecule has 20 heavy (non-hydrogen) atoms. The van der Waals surface area contributed by atoms with Gasteiger partial charge in [0.05, 0.1) is 0 Å². The van der Waals surface area contributed by atoms with Gasteiger partial charge in [0, 0.05) is 22.9 Å². The Bertz CT molecular complexity index is 589. The fourth-order valence-corrected chi connectivity index (χ4v) is 2.50. The van der Waals surface area contributed by atoms with Gasteiger partial charge in [-0.15, -0.1) is 0 Å². The van der Waals surface area contributed by atoms with E-state index in [4.69, 9.17) is 5.11 Å². The molecule has 0 aliphatic carbocycles. The highest BCUT2D eigenvalue weighted by Crippen LogP contribution is 2.31. The lowest BCUT2D eigenvalue weighted by molar-refractivity contribution is -0.133. The highest BCUT2D eigenvalue weighted by atomic mass is 16.4. The number of amides is 1. The van der Waals surface area contributed by atoms with E-state index in [0.717, 1.165) is 24.1 Å². The van der Waals surface area contributed by atoms with E-state index in [1.165, 1.54) is 6.92 Å². The van der Waals surface area contributed by atoms with Crippen LogP contribution in [0, 0.1) is 0 Å². The van der Waals surface area contributed by atoms with Crippen LogP contribution in [-0.4, -0.2) is 23.0 Å². The number of hydrogen-bond donors (Lipinski definition) is 1. The molecule has 4 nitrogen and oxygen atoms in total. The summed E-state index contributed by atoms with van der Waals surface area (Å²) in [6.45, 7) is 5.04. The third kappa shape index (κ3) is 2.46. The Kier molecular flexibility index (Phi) is 3.93. The van der Waals surface area contributed by atoms with Crippen LogP contribution in [0.25, 0.3) is 0 Å². The molecule has 1 amide bonds. The minimum Gasteiger partial charge on any atom is -0.478 e. The van der Waals surface area contributed by atoms with Gasteiger partial charge in [-0.25, -0.2) is 4.79 Å². The van der Waals surface area contributed by atoms with Gasteiger partial charge in [-0.2, -0.15) is 0 Å². The van der Waals surface area contributed by atoms with Gasteiger partial charge in [0.15, 0.2) is 0 Å². The zero-order valence-corrected chi connectivity index (χ0v) is 12.0. The number of carbonyl (C=O) groups is 2. The number of para-hydroxylation sites is 1. The third-order valence-electron chi connectivity index (χ3n) is 3.95. The number of benzene rings is 1. The minimum absolute atomic E-state index is 0.0777. The van der Waals surface area contributed by atoms with Crippen LogP contribution < -0.4 is 4.90 Å². The predicted octanol–water partition coefficient (Wildman–Crippen LogP) is 2.78. The Balaban J connectivity index is 2.44. The van der Waals surface area contributed by atoms with Crippen molar-refractivity contribution >= 4 is 17.6 Å². The molecule has 2 rings (SSSR count). The highest BCUT2D eigenvalue weighted by Gasteiger charge is 2.29. The second-order valence-corrected chi connectivity index (χ2v) is 5.25. The molecule has 0 radical (unpaired) electrons. The van der Waals surface area contributed by atoms with Gasteiger partial charge in [0.25, 0.3) is 5.91 Å². The van der Waals surface area contributed by atoms with Crippen LogP contribution in [-0.2, 0) is 16.0 Å². The topological polar surface area (TPSA) is 57.6 Å². The lowest BCUT2D eigenvalue weighted by Crippen LogP contribution is -2.42. The molecule has 0 fully saturated rings. The van der Waals surface area contributed by atoms with E-state index in [0.29, 0.717) is 5.57 Å². The van der Waals surface area contributed by atoms with E-state index < -0.39 is 5.97 Å². The molecule has 1 aliphatic rings. The monoisotopic (exact) mass is 273 g/mol.